The Labute approximate surface area is 144 Å². The molecule has 128 valence electrons. The molecule has 0 spiro atoms. The summed E-state index contributed by atoms with van der Waals surface area (Å²) >= 11 is 1.32. The number of hydrogen-bond acceptors (Lipinski definition) is 5. The number of benzene rings is 1. The summed E-state index contributed by atoms with van der Waals surface area (Å²) in [5.41, 5.74) is 1.33. The van der Waals surface area contributed by atoms with Crippen LogP contribution < -0.4 is 5.32 Å². The highest BCUT2D eigenvalue weighted by molar-refractivity contribution is 7.99. The highest BCUT2D eigenvalue weighted by Crippen LogP contribution is 2.20. The van der Waals surface area contributed by atoms with Crippen LogP contribution in [0, 0.1) is 0 Å². The molecule has 1 heterocycles. The van der Waals surface area contributed by atoms with Gasteiger partial charge in [-0.1, -0.05) is 23.9 Å². The van der Waals surface area contributed by atoms with Crippen LogP contribution in [0.25, 0.3) is 0 Å². The second-order valence-corrected chi connectivity index (χ2v) is 6.58. The molecule has 1 aromatic heterocycles. The van der Waals surface area contributed by atoms with Gasteiger partial charge in [-0.05, 0) is 38.5 Å². The Morgan fingerprint density at radius 2 is 1.92 bits per heavy atom. The fourth-order valence-electron chi connectivity index (χ4n) is 2.01. The summed E-state index contributed by atoms with van der Waals surface area (Å²) in [6, 6.07) is 7.05. The lowest BCUT2D eigenvalue weighted by Crippen LogP contribution is -2.15. The van der Waals surface area contributed by atoms with Crippen LogP contribution in [-0.2, 0) is 9.59 Å². The van der Waals surface area contributed by atoms with E-state index in [-0.39, 0.29) is 17.7 Å². The van der Waals surface area contributed by atoms with Crippen LogP contribution in [0.15, 0.2) is 35.7 Å². The zero-order chi connectivity index (χ0) is 17.7. The first kappa shape index (κ1) is 18.0. The number of carbonyl (C=O) groups excluding carboxylic acids is 1. The predicted octanol–water partition coefficient (Wildman–Crippen LogP) is 2.78. The van der Waals surface area contributed by atoms with Crippen molar-refractivity contribution in [1.29, 1.82) is 0 Å². The second kappa shape index (κ2) is 7.96. The van der Waals surface area contributed by atoms with E-state index in [1.165, 1.54) is 11.8 Å². The molecule has 0 aliphatic carbocycles. The molecule has 2 rings (SSSR count). The van der Waals surface area contributed by atoms with Gasteiger partial charge in [0, 0.05) is 11.7 Å². The van der Waals surface area contributed by atoms with Crippen LogP contribution in [0.1, 0.15) is 38.3 Å². The van der Waals surface area contributed by atoms with E-state index in [9.17, 15) is 9.59 Å². The lowest BCUT2D eigenvalue weighted by molar-refractivity contribution is -0.138. The van der Waals surface area contributed by atoms with Crippen LogP contribution in [0.2, 0.25) is 0 Å². The van der Waals surface area contributed by atoms with Crippen LogP contribution >= 0.6 is 11.8 Å². The second-order valence-electron chi connectivity index (χ2n) is 5.63. The van der Waals surface area contributed by atoms with Gasteiger partial charge < -0.3 is 15.0 Å². The number of carbonyl (C=O) groups is 2. The molecule has 0 saturated heterocycles. The van der Waals surface area contributed by atoms with Gasteiger partial charge >= 0.3 is 5.97 Å². The number of aromatic nitrogens is 3. The molecule has 24 heavy (non-hydrogen) atoms. The summed E-state index contributed by atoms with van der Waals surface area (Å²) < 4.78 is 1.90. The Morgan fingerprint density at radius 1 is 1.25 bits per heavy atom. The van der Waals surface area contributed by atoms with Gasteiger partial charge in [0.25, 0.3) is 0 Å². The molecule has 7 nitrogen and oxygen atoms in total. The highest BCUT2D eigenvalue weighted by Gasteiger charge is 2.14. The molecule has 0 saturated carbocycles. The molecular weight excluding hydrogens is 328 g/mol. The number of anilines is 1. The van der Waals surface area contributed by atoms with Gasteiger partial charge in [0.2, 0.25) is 5.91 Å². The summed E-state index contributed by atoms with van der Waals surface area (Å²) in [5, 5.41) is 20.3. The summed E-state index contributed by atoms with van der Waals surface area (Å²) in [7, 11) is 0. The zero-order valence-electron chi connectivity index (χ0n) is 13.8. The minimum Gasteiger partial charge on any atom is -0.481 e. The van der Waals surface area contributed by atoms with E-state index >= 15 is 0 Å². The van der Waals surface area contributed by atoms with Crippen molar-refractivity contribution in [3.8, 4) is 0 Å². The van der Waals surface area contributed by atoms with E-state index in [1.54, 1.807) is 37.5 Å². The molecular formula is C16H20N4O3S. The smallest absolute Gasteiger partial charge is 0.310 e. The predicted molar refractivity (Wildman–Crippen MR) is 92.3 cm³/mol. The number of rotatable bonds is 7. The molecule has 2 aromatic rings. The van der Waals surface area contributed by atoms with Crippen LogP contribution in [-0.4, -0.2) is 37.5 Å². The Morgan fingerprint density at radius 3 is 2.50 bits per heavy atom. The molecule has 0 aliphatic rings. The lowest BCUT2D eigenvalue weighted by Gasteiger charge is -2.10. The van der Waals surface area contributed by atoms with Crippen molar-refractivity contribution in [1.82, 2.24) is 14.8 Å². The van der Waals surface area contributed by atoms with Gasteiger partial charge in [-0.2, -0.15) is 0 Å². The van der Waals surface area contributed by atoms with Crippen molar-refractivity contribution >= 4 is 29.3 Å². The van der Waals surface area contributed by atoms with Crippen LogP contribution in [0.4, 0.5) is 5.69 Å². The van der Waals surface area contributed by atoms with E-state index in [0.717, 1.165) is 0 Å². The average molecular weight is 348 g/mol. The maximum Gasteiger partial charge on any atom is 0.310 e. The molecule has 1 unspecified atom stereocenters. The van der Waals surface area contributed by atoms with E-state index in [2.05, 4.69) is 15.5 Å². The third kappa shape index (κ3) is 4.58. The number of carboxylic acids is 1. The summed E-state index contributed by atoms with van der Waals surface area (Å²) in [6.07, 6.45) is 1.65. The van der Waals surface area contributed by atoms with Gasteiger partial charge in [-0.3, -0.25) is 9.59 Å². The first-order valence-corrected chi connectivity index (χ1v) is 8.52. The van der Waals surface area contributed by atoms with Crippen molar-refractivity contribution in [2.75, 3.05) is 11.1 Å². The minimum absolute atomic E-state index is 0.155. The molecule has 1 aromatic carbocycles. The van der Waals surface area contributed by atoms with Gasteiger partial charge in [0.05, 0.1) is 11.7 Å². The van der Waals surface area contributed by atoms with Crippen LogP contribution in [0.5, 0.6) is 0 Å². The highest BCUT2D eigenvalue weighted by atomic mass is 32.2. The van der Waals surface area contributed by atoms with Crippen molar-refractivity contribution < 1.29 is 14.7 Å². The topological polar surface area (TPSA) is 97.1 Å². The van der Waals surface area contributed by atoms with E-state index in [4.69, 9.17) is 5.11 Å². The SMILES string of the molecule is CC(C(=O)O)c1ccc(NC(=O)CSc2nncn2C(C)C)cc1. The summed E-state index contributed by atoms with van der Waals surface area (Å²) in [5.74, 6) is -1.39. The first-order valence-electron chi connectivity index (χ1n) is 7.53. The molecule has 1 atom stereocenters. The monoisotopic (exact) mass is 348 g/mol. The molecule has 2 N–H and O–H groups in total. The molecule has 0 radical (unpaired) electrons. The normalized spacial score (nSPS) is 12.2. The van der Waals surface area contributed by atoms with Crippen molar-refractivity contribution in [2.45, 2.75) is 37.9 Å². The Balaban J connectivity index is 1.90. The first-order chi connectivity index (χ1) is 11.4. The summed E-state index contributed by atoms with van der Waals surface area (Å²) in [4.78, 5) is 23.0. The van der Waals surface area contributed by atoms with E-state index in [0.29, 0.717) is 16.4 Å². The fraction of sp³-hybridized carbons (Fsp3) is 0.375. The summed E-state index contributed by atoms with van der Waals surface area (Å²) in [6.45, 7) is 5.66. The van der Waals surface area contributed by atoms with Gasteiger partial charge in [-0.25, -0.2) is 0 Å². The number of carboxylic acid groups (broad SMARTS) is 1. The van der Waals surface area contributed by atoms with Gasteiger partial charge in [0.15, 0.2) is 5.16 Å². The largest absolute Gasteiger partial charge is 0.481 e. The number of thioether (sulfide) groups is 1. The van der Waals surface area contributed by atoms with Crippen molar-refractivity contribution in [3.63, 3.8) is 0 Å². The Bertz CT molecular complexity index is 712. The molecule has 0 aliphatic heterocycles. The maximum absolute atomic E-state index is 12.0. The van der Waals surface area contributed by atoms with Crippen molar-refractivity contribution in [2.24, 2.45) is 0 Å². The van der Waals surface area contributed by atoms with Gasteiger partial charge in [-0.15, -0.1) is 10.2 Å². The van der Waals surface area contributed by atoms with E-state index < -0.39 is 11.9 Å². The number of nitrogens with zero attached hydrogens (tertiary/aromatic N) is 3. The van der Waals surface area contributed by atoms with Gasteiger partial charge in [0.1, 0.15) is 6.33 Å². The quantitative estimate of drug-likeness (QED) is 0.747. The zero-order valence-corrected chi connectivity index (χ0v) is 14.6. The minimum atomic E-state index is -0.877. The average Bonchev–Trinajstić information content (AvgIpc) is 3.01. The number of amides is 1. The molecule has 8 heteroatoms. The third-order valence-electron chi connectivity index (χ3n) is 3.49. The Hall–Kier alpha value is -2.35. The Kier molecular flexibility index (Phi) is 5.97. The number of nitrogens with one attached hydrogen (secondary N) is 1. The molecule has 0 bridgehead atoms. The van der Waals surface area contributed by atoms with E-state index in [1.807, 2.05) is 18.4 Å². The fourth-order valence-corrected chi connectivity index (χ4v) is 2.86. The lowest BCUT2D eigenvalue weighted by atomic mass is 10.0. The van der Waals surface area contributed by atoms with Crippen molar-refractivity contribution in [3.05, 3.63) is 36.2 Å². The number of hydrogen-bond donors (Lipinski definition) is 2. The molecule has 0 fully saturated rings. The standard InChI is InChI=1S/C16H20N4O3S/c1-10(2)20-9-17-19-16(20)24-8-14(21)18-13-6-4-12(5-7-13)11(3)15(22)23/h4-7,9-11H,8H2,1-3H3,(H,18,21)(H,22,23). The third-order valence-corrected chi connectivity index (χ3v) is 4.45. The number of aliphatic carboxylic acids is 1. The maximum atomic E-state index is 12.0. The molecule has 1 amide bonds. The van der Waals surface area contributed by atoms with Crippen LogP contribution in [0.3, 0.4) is 0 Å².